The summed E-state index contributed by atoms with van der Waals surface area (Å²) in [5.41, 5.74) is 16.0. The maximum absolute atomic E-state index is 11.4. The number of hydrogen-bond acceptors (Lipinski definition) is 10. The molecule has 2 aromatic heterocycles. The van der Waals surface area contributed by atoms with Crippen molar-refractivity contribution in [3.8, 4) is 0 Å². The van der Waals surface area contributed by atoms with Crippen molar-refractivity contribution in [3.05, 3.63) is 42.5 Å². The largest absolute Gasteiger partial charge is 0.399 e. The molecule has 12 heteroatoms. The van der Waals surface area contributed by atoms with Crippen molar-refractivity contribution in [1.82, 2.24) is 25.0 Å². The zero-order valence-electron chi connectivity index (χ0n) is 16.6. The number of carbonyl (C=O) groups is 1. The third-order valence-electron chi connectivity index (χ3n) is 5.07. The fraction of sp³-hybridized carbons (Fsp3) is 0.368. The maximum atomic E-state index is 11.4. The van der Waals surface area contributed by atoms with Gasteiger partial charge in [0.05, 0.1) is 6.33 Å². The Hall–Kier alpha value is -3.32. The van der Waals surface area contributed by atoms with Crippen LogP contribution in [0.5, 0.6) is 0 Å². The minimum absolute atomic E-state index is 0.184. The Morgan fingerprint density at radius 3 is 2.68 bits per heavy atom. The highest BCUT2D eigenvalue weighted by Gasteiger charge is 2.48. The molecule has 1 aliphatic rings. The SMILES string of the molecule is CC(=O)NOC(Cc1ccc(N)cc1)[C@H]1O[C@@H](n2cnc3c(N)ncnc32)[C@H](O)[C@@H]1O. The van der Waals surface area contributed by atoms with Gasteiger partial charge in [-0.2, -0.15) is 0 Å². The molecule has 0 spiro atoms. The molecule has 1 fully saturated rings. The highest BCUT2D eigenvalue weighted by molar-refractivity contribution is 5.81. The smallest absolute Gasteiger partial charge is 0.240 e. The van der Waals surface area contributed by atoms with Crippen LogP contribution in [0.15, 0.2) is 36.9 Å². The third kappa shape index (κ3) is 4.14. The number of fused-ring (bicyclic) bond motifs is 1. The molecule has 1 unspecified atom stereocenters. The number of aliphatic hydroxyl groups excluding tert-OH is 2. The van der Waals surface area contributed by atoms with Gasteiger partial charge in [-0.3, -0.25) is 14.2 Å². The number of benzene rings is 1. The molecule has 7 N–H and O–H groups in total. The van der Waals surface area contributed by atoms with Gasteiger partial charge in [0.25, 0.3) is 0 Å². The van der Waals surface area contributed by atoms with Crippen LogP contribution in [-0.2, 0) is 20.8 Å². The topological polar surface area (TPSA) is 184 Å². The second-order valence-corrected chi connectivity index (χ2v) is 7.32. The van der Waals surface area contributed by atoms with E-state index in [1.165, 1.54) is 24.1 Å². The number of aromatic nitrogens is 4. The minimum atomic E-state index is -1.31. The second-order valence-electron chi connectivity index (χ2n) is 7.32. The molecule has 0 radical (unpaired) electrons. The number of hydrogen-bond donors (Lipinski definition) is 5. The Balaban J connectivity index is 1.61. The summed E-state index contributed by atoms with van der Waals surface area (Å²) in [6, 6.07) is 7.07. The lowest BCUT2D eigenvalue weighted by atomic mass is 9.99. The first-order valence-corrected chi connectivity index (χ1v) is 9.56. The van der Waals surface area contributed by atoms with Gasteiger partial charge in [-0.1, -0.05) is 12.1 Å². The van der Waals surface area contributed by atoms with Crippen LogP contribution in [0.25, 0.3) is 11.2 Å². The molecule has 1 aliphatic heterocycles. The van der Waals surface area contributed by atoms with Crippen LogP contribution in [0.1, 0.15) is 18.7 Å². The second kappa shape index (κ2) is 8.43. The Bertz CT molecular complexity index is 1070. The van der Waals surface area contributed by atoms with E-state index in [2.05, 4.69) is 20.4 Å². The lowest BCUT2D eigenvalue weighted by Gasteiger charge is -2.25. The quantitative estimate of drug-likeness (QED) is 0.248. The number of nitrogens with zero attached hydrogens (tertiary/aromatic N) is 4. The average molecular weight is 429 g/mol. The summed E-state index contributed by atoms with van der Waals surface area (Å²) in [7, 11) is 0. The fourth-order valence-corrected chi connectivity index (χ4v) is 3.55. The van der Waals surface area contributed by atoms with Crippen molar-refractivity contribution in [2.45, 2.75) is 44.0 Å². The molecular formula is C19H23N7O5. The van der Waals surface area contributed by atoms with Crippen LogP contribution in [0.4, 0.5) is 11.5 Å². The number of hydroxylamine groups is 1. The fourth-order valence-electron chi connectivity index (χ4n) is 3.55. The molecule has 5 atom stereocenters. The van der Waals surface area contributed by atoms with Gasteiger partial charge >= 0.3 is 0 Å². The number of nitrogens with one attached hydrogen (secondary N) is 1. The van der Waals surface area contributed by atoms with E-state index in [4.69, 9.17) is 21.0 Å². The first-order valence-electron chi connectivity index (χ1n) is 9.56. The van der Waals surface area contributed by atoms with E-state index in [9.17, 15) is 15.0 Å². The molecule has 1 amide bonds. The molecule has 164 valence electrons. The van der Waals surface area contributed by atoms with Crippen LogP contribution >= 0.6 is 0 Å². The van der Waals surface area contributed by atoms with Crippen molar-refractivity contribution in [2.75, 3.05) is 11.5 Å². The van der Waals surface area contributed by atoms with Gasteiger partial charge < -0.3 is 26.4 Å². The number of ether oxygens (including phenoxy) is 1. The molecular weight excluding hydrogens is 406 g/mol. The third-order valence-corrected chi connectivity index (χ3v) is 5.07. The van der Waals surface area contributed by atoms with Crippen LogP contribution < -0.4 is 16.9 Å². The summed E-state index contributed by atoms with van der Waals surface area (Å²) < 4.78 is 7.46. The van der Waals surface area contributed by atoms with Crippen molar-refractivity contribution in [3.63, 3.8) is 0 Å². The minimum Gasteiger partial charge on any atom is -0.399 e. The first kappa shape index (κ1) is 20.9. The molecule has 4 rings (SSSR count). The molecule has 0 aliphatic carbocycles. The van der Waals surface area contributed by atoms with Crippen LogP contribution in [0.2, 0.25) is 0 Å². The maximum Gasteiger partial charge on any atom is 0.240 e. The molecule has 1 saturated heterocycles. The van der Waals surface area contributed by atoms with Crippen LogP contribution in [0, 0.1) is 0 Å². The number of nitrogen functional groups attached to an aromatic ring is 2. The monoisotopic (exact) mass is 429 g/mol. The Labute approximate surface area is 176 Å². The highest BCUT2D eigenvalue weighted by Crippen LogP contribution is 2.34. The van der Waals surface area contributed by atoms with E-state index in [-0.39, 0.29) is 12.2 Å². The Kier molecular flexibility index (Phi) is 5.69. The zero-order valence-corrected chi connectivity index (χ0v) is 16.6. The van der Waals surface area contributed by atoms with E-state index in [0.29, 0.717) is 16.9 Å². The molecule has 0 bridgehead atoms. The summed E-state index contributed by atoms with van der Waals surface area (Å²) in [5.74, 6) is -0.233. The number of imidazole rings is 1. The van der Waals surface area contributed by atoms with E-state index < -0.39 is 36.6 Å². The lowest BCUT2D eigenvalue weighted by Crippen LogP contribution is -2.44. The normalized spacial score (nSPS) is 24.4. The molecule has 31 heavy (non-hydrogen) atoms. The van der Waals surface area contributed by atoms with E-state index in [1.54, 1.807) is 24.3 Å². The number of amides is 1. The average Bonchev–Trinajstić information content (AvgIpc) is 3.29. The van der Waals surface area contributed by atoms with Crippen molar-refractivity contribution < 1.29 is 24.6 Å². The van der Waals surface area contributed by atoms with Gasteiger partial charge in [0.1, 0.15) is 36.3 Å². The number of nitrogens with two attached hydrogens (primary N) is 2. The lowest BCUT2D eigenvalue weighted by molar-refractivity contribution is -0.155. The van der Waals surface area contributed by atoms with Crippen molar-refractivity contribution in [2.24, 2.45) is 0 Å². The molecule has 3 aromatic rings. The Morgan fingerprint density at radius 2 is 1.97 bits per heavy atom. The summed E-state index contributed by atoms with van der Waals surface area (Å²) in [6.45, 7) is 1.30. The van der Waals surface area contributed by atoms with Crippen molar-refractivity contribution >= 4 is 28.6 Å². The molecule has 1 aromatic carbocycles. The molecule has 12 nitrogen and oxygen atoms in total. The van der Waals surface area contributed by atoms with E-state index in [1.807, 2.05) is 0 Å². The van der Waals surface area contributed by atoms with Crippen molar-refractivity contribution in [1.29, 1.82) is 0 Å². The van der Waals surface area contributed by atoms with Gasteiger partial charge in [0.2, 0.25) is 5.91 Å². The van der Waals surface area contributed by atoms with E-state index in [0.717, 1.165) is 5.56 Å². The summed E-state index contributed by atoms with van der Waals surface area (Å²) in [6.07, 6.45) is -2.45. The number of aliphatic hydroxyl groups is 2. The summed E-state index contributed by atoms with van der Waals surface area (Å²) in [5, 5.41) is 21.4. The van der Waals surface area contributed by atoms with Gasteiger partial charge in [0.15, 0.2) is 17.7 Å². The Morgan fingerprint density at radius 1 is 1.23 bits per heavy atom. The van der Waals surface area contributed by atoms with Crippen LogP contribution in [-0.4, -0.2) is 60.1 Å². The molecule has 3 heterocycles. The first-order chi connectivity index (χ1) is 14.8. The summed E-state index contributed by atoms with van der Waals surface area (Å²) >= 11 is 0. The standard InChI is InChI=1S/C19H23N7O5/c1-9(27)25-31-12(6-10-2-4-11(20)5-3-10)16-14(28)15(29)19(30-16)26-8-24-13-17(21)22-7-23-18(13)26/h2-5,7-8,12,14-16,19,28-29H,6,20H2,1H3,(H,25,27)(H2,21,22,23)/t12?,14-,15+,16+,19+/m0/s1. The van der Waals surface area contributed by atoms with Gasteiger partial charge in [-0.05, 0) is 17.7 Å². The van der Waals surface area contributed by atoms with Gasteiger partial charge in [-0.25, -0.2) is 20.4 Å². The summed E-state index contributed by atoms with van der Waals surface area (Å²) in [4.78, 5) is 29.1. The number of carbonyl (C=O) groups excluding carboxylic acids is 1. The highest BCUT2D eigenvalue weighted by atomic mass is 16.7. The zero-order chi connectivity index (χ0) is 22.1. The number of rotatable bonds is 6. The molecule has 0 saturated carbocycles. The number of anilines is 2. The van der Waals surface area contributed by atoms with Gasteiger partial charge in [-0.15, -0.1) is 0 Å². The predicted molar refractivity (Wildman–Crippen MR) is 109 cm³/mol. The predicted octanol–water partition coefficient (Wildman–Crippen LogP) is -0.711. The van der Waals surface area contributed by atoms with Gasteiger partial charge in [0, 0.05) is 19.0 Å². The van der Waals surface area contributed by atoms with Crippen LogP contribution in [0.3, 0.4) is 0 Å². The van der Waals surface area contributed by atoms with E-state index >= 15 is 0 Å².